The molecule has 2 rings (SSSR count). The number of rotatable bonds is 9. The molecule has 1 saturated carbocycles. The Bertz CT molecular complexity index is 673. The maximum absolute atomic E-state index is 11.1. The molecule has 9 heteroatoms. The van der Waals surface area contributed by atoms with Crippen LogP contribution in [0.15, 0.2) is 36.5 Å². The van der Waals surface area contributed by atoms with Crippen molar-refractivity contribution in [2.75, 3.05) is 26.4 Å². The second-order valence-electron chi connectivity index (χ2n) is 7.99. The minimum Gasteiger partial charge on any atom is -0.460 e. The second kappa shape index (κ2) is 17.0. The maximum atomic E-state index is 11.1. The minimum absolute atomic E-state index is 0.142. The van der Waals surface area contributed by atoms with Gasteiger partial charge in [0.05, 0.1) is 13.2 Å². The highest BCUT2D eigenvalue weighted by Crippen LogP contribution is 2.20. The van der Waals surface area contributed by atoms with E-state index in [2.05, 4.69) is 24.5 Å². The average molecular weight is 471 g/mol. The van der Waals surface area contributed by atoms with Gasteiger partial charge >= 0.3 is 17.9 Å². The zero-order chi connectivity index (χ0) is 25.4. The van der Waals surface area contributed by atoms with E-state index < -0.39 is 18.7 Å². The first-order valence-corrected chi connectivity index (χ1v) is 10.9. The number of ether oxygens (including phenoxy) is 4. The second-order valence-corrected chi connectivity index (χ2v) is 7.99. The van der Waals surface area contributed by atoms with Crippen molar-refractivity contribution in [1.29, 1.82) is 0 Å². The molecule has 9 nitrogen and oxygen atoms in total. The van der Waals surface area contributed by atoms with Crippen LogP contribution >= 0.6 is 0 Å². The van der Waals surface area contributed by atoms with Gasteiger partial charge in [-0.05, 0) is 46.5 Å². The van der Waals surface area contributed by atoms with E-state index in [-0.39, 0.29) is 36.3 Å². The number of epoxide rings is 1. The Morgan fingerprint density at radius 3 is 1.82 bits per heavy atom. The summed E-state index contributed by atoms with van der Waals surface area (Å²) in [4.78, 5) is 32.4. The van der Waals surface area contributed by atoms with Crippen molar-refractivity contribution in [3.05, 3.63) is 36.5 Å². The van der Waals surface area contributed by atoms with Crippen molar-refractivity contribution in [1.82, 2.24) is 0 Å². The van der Waals surface area contributed by atoms with Crippen LogP contribution in [0.25, 0.3) is 0 Å². The van der Waals surface area contributed by atoms with Crippen LogP contribution in [0.2, 0.25) is 0 Å². The highest BCUT2D eigenvalue weighted by molar-refractivity contribution is 5.87. The van der Waals surface area contributed by atoms with Gasteiger partial charge < -0.3 is 29.2 Å². The number of esters is 3. The molecular weight excluding hydrogens is 432 g/mol. The molecule has 0 aromatic heterocycles. The van der Waals surface area contributed by atoms with Gasteiger partial charge in [-0.25, -0.2) is 14.4 Å². The molecular formula is C24H38O9. The number of aliphatic hydroxyl groups excluding tert-OH is 2. The molecule has 0 aromatic rings. The molecule has 1 aliphatic carbocycles. The summed E-state index contributed by atoms with van der Waals surface area (Å²) in [6.07, 6.45) is 5.01. The lowest BCUT2D eigenvalue weighted by molar-refractivity contribution is -0.145. The third kappa shape index (κ3) is 16.8. The molecule has 0 spiro atoms. The van der Waals surface area contributed by atoms with E-state index in [0.717, 1.165) is 12.8 Å². The van der Waals surface area contributed by atoms with E-state index in [0.29, 0.717) is 24.4 Å². The molecule has 2 N–H and O–H groups in total. The Kier molecular flexibility index (Phi) is 15.8. The van der Waals surface area contributed by atoms with Gasteiger partial charge in [-0.2, -0.15) is 0 Å². The first-order chi connectivity index (χ1) is 15.5. The van der Waals surface area contributed by atoms with Crippen molar-refractivity contribution in [2.24, 2.45) is 0 Å². The van der Waals surface area contributed by atoms with Gasteiger partial charge in [-0.1, -0.05) is 26.2 Å². The fraction of sp³-hybridized carbons (Fsp3) is 0.625. The molecule has 2 aliphatic rings. The Labute approximate surface area is 196 Å². The molecule has 188 valence electrons. The predicted molar refractivity (Wildman–Crippen MR) is 122 cm³/mol. The number of aliphatic hydroxyl groups is 2. The van der Waals surface area contributed by atoms with E-state index in [1.165, 1.54) is 26.2 Å². The van der Waals surface area contributed by atoms with Crippen LogP contribution in [0.4, 0.5) is 0 Å². The van der Waals surface area contributed by atoms with E-state index >= 15 is 0 Å². The lowest BCUT2D eigenvalue weighted by atomic mass is 9.98. The Morgan fingerprint density at radius 1 is 0.909 bits per heavy atom. The predicted octanol–water partition coefficient (Wildman–Crippen LogP) is 2.40. The van der Waals surface area contributed by atoms with Gasteiger partial charge in [0.15, 0.2) is 0 Å². The summed E-state index contributed by atoms with van der Waals surface area (Å²) >= 11 is 0. The van der Waals surface area contributed by atoms with Crippen LogP contribution in [0.1, 0.15) is 52.9 Å². The van der Waals surface area contributed by atoms with Crippen molar-refractivity contribution < 1.29 is 43.5 Å². The van der Waals surface area contributed by atoms with E-state index in [4.69, 9.17) is 24.4 Å². The SMILES string of the molecule is C=C(C)C(=O)OC1CCCCC1.C=C(C)C(=O)OCC(O)CO.C=C(C)C(=O)OCC1CO1. The summed E-state index contributed by atoms with van der Waals surface area (Å²) in [5.74, 6) is -1.13. The summed E-state index contributed by atoms with van der Waals surface area (Å²) in [7, 11) is 0. The summed E-state index contributed by atoms with van der Waals surface area (Å²) < 4.78 is 19.3. The minimum atomic E-state index is -1.00. The molecule has 1 saturated heterocycles. The highest BCUT2D eigenvalue weighted by atomic mass is 16.6. The lowest BCUT2D eigenvalue weighted by Gasteiger charge is -2.21. The molecule has 0 radical (unpaired) electrons. The molecule has 1 heterocycles. The van der Waals surface area contributed by atoms with Crippen molar-refractivity contribution in [3.8, 4) is 0 Å². The molecule has 2 fully saturated rings. The highest BCUT2D eigenvalue weighted by Gasteiger charge is 2.24. The van der Waals surface area contributed by atoms with Crippen molar-refractivity contribution in [3.63, 3.8) is 0 Å². The molecule has 0 aromatic carbocycles. The number of hydrogen-bond donors (Lipinski definition) is 2. The van der Waals surface area contributed by atoms with Gasteiger partial charge in [-0.15, -0.1) is 0 Å². The lowest BCUT2D eigenvalue weighted by Crippen LogP contribution is -2.22. The first-order valence-electron chi connectivity index (χ1n) is 10.9. The van der Waals surface area contributed by atoms with Crippen LogP contribution in [-0.4, -0.2) is 72.9 Å². The van der Waals surface area contributed by atoms with E-state index in [1.807, 2.05) is 0 Å². The molecule has 2 atom stereocenters. The zero-order valence-electron chi connectivity index (χ0n) is 20.0. The van der Waals surface area contributed by atoms with Gasteiger partial charge in [0, 0.05) is 16.7 Å². The molecule has 0 bridgehead atoms. The fourth-order valence-corrected chi connectivity index (χ4v) is 2.24. The Hall–Kier alpha value is -2.49. The summed E-state index contributed by atoms with van der Waals surface area (Å²) in [5, 5.41) is 17.1. The van der Waals surface area contributed by atoms with Crippen LogP contribution in [0.3, 0.4) is 0 Å². The third-order valence-corrected chi connectivity index (χ3v) is 4.29. The number of carbonyl (C=O) groups excluding carboxylic acids is 3. The maximum Gasteiger partial charge on any atom is 0.333 e. The molecule has 0 amide bonds. The van der Waals surface area contributed by atoms with Gasteiger partial charge in [0.25, 0.3) is 0 Å². The van der Waals surface area contributed by atoms with E-state index in [9.17, 15) is 14.4 Å². The Morgan fingerprint density at radius 2 is 1.39 bits per heavy atom. The number of carbonyl (C=O) groups is 3. The fourth-order valence-electron chi connectivity index (χ4n) is 2.24. The first kappa shape index (κ1) is 30.5. The van der Waals surface area contributed by atoms with Gasteiger partial charge in [0.1, 0.15) is 31.5 Å². The van der Waals surface area contributed by atoms with Crippen LogP contribution in [0.5, 0.6) is 0 Å². The van der Waals surface area contributed by atoms with Crippen LogP contribution in [-0.2, 0) is 33.3 Å². The molecule has 2 unspecified atom stereocenters. The molecule has 33 heavy (non-hydrogen) atoms. The molecule has 1 aliphatic heterocycles. The monoisotopic (exact) mass is 470 g/mol. The summed E-state index contributed by atoms with van der Waals surface area (Å²) in [6.45, 7) is 15.6. The van der Waals surface area contributed by atoms with Crippen LogP contribution < -0.4 is 0 Å². The Balaban J connectivity index is 0.000000467. The number of hydrogen-bond acceptors (Lipinski definition) is 9. The average Bonchev–Trinajstić information content (AvgIpc) is 3.61. The largest absolute Gasteiger partial charge is 0.460 e. The smallest absolute Gasteiger partial charge is 0.333 e. The normalized spacial score (nSPS) is 17.5. The van der Waals surface area contributed by atoms with Gasteiger partial charge in [0.2, 0.25) is 0 Å². The quantitative estimate of drug-likeness (QED) is 0.226. The van der Waals surface area contributed by atoms with Crippen molar-refractivity contribution in [2.45, 2.75) is 71.2 Å². The zero-order valence-corrected chi connectivity index (χ0v) is 20.0. The van der Waals surface area contributed by atoms with E-state index in [1.54, 1.807) is 13.8 Å². The van der Waals surface area contributed by atoms with Crippen LogP contribution in [0, 0.1) is 0 Å². The topological polar surface area (TPSA) is 132 Å². The summed E-state index contributed by atoms with van der Waals surface area (Å²) in [6, 6.07) is 0. The summed E-state index contributed by atoms with van der Waals surface area (Å²) in [5.41, 5.74) is 1.20. The third-order valence-electron chi connectivity index (χ3n) is 4.29. The van der Waals surface area contributed by atoms with Gasteiger partial charge in [-0.3, -0.25) is 0 Å². The standard InChI is InChI=1S/C10H16O2.C7H12O4.C7H10O3/c1-8(2)10(11)12-9-6-4-3-5-7-9;1-5(2)7(10)11-4-6(9)3-8;1-5(2)7(8)10-4-6-3-9-6/h9H,1,3-7H2,2H3;6,8-9H,1,3-4H2,2H3;6H,1,3-4H2,2H3. The van der Waals surface area contributed by atoms with Crippen molar-refractivity contribution >= 4 is 17.9 Å².